The van der Waals surface area contributed by atoms with Gasteiger partial charge in [0.25, 0.3) is 0 Å². The molecule has 2 rings (SSSR count). The molecule has 1 aromatic heterocycles. The second-order valence-electron chi connectivity index (χ2n) is 3.43. The summed E-state index contributed by atoms with van der Waals surface area (Å²) in [4.78, 5) is 8.39. The van der Waals surface area contributed by atoms with Gasteiger partial charge in [-0.05, 0) is 19.3 Å². The van der Waals surface area contributed by atoms with Gasteiger partial charge >= 0.3 is 0 Å². The van der Waals surface area contributed by atoms with Crippen LogP contribution in [0.2, 0.25) is 0 Å². The predicted molar refractivity (Wildman–Crippen MR) is 48.3 cm³/mol. The molecule has 4 nitrogen and oxygen atoms in total. The Morgan fingerprint density at radius 3 is 2.85 bits per heavy atom. The highest BCUT2D eigenvalue weighted by Gasteiger charge is 2.37. The van der Waals surface area contributed by atoms with E-state index in [1.54, 1.807) is 19.4 Å². The van der Waals surface area contributed by atoms with Gasteiger partial charge in [-0.25, -0.2) is 4.98 Å². The number of methoxy groups -OCH3 is 1. The molecule has 0 unspecified atom stereocenters. The first-order valence-electron chi connectivity index (χ1n) is 4.41. The van der Waals surface area contributed by atoms with Crippen molar-refractivity contribution in [2.24, 2.45) is 5.73 Å². The Labute approximate surface area is 77.1 Å². The molecule has 70 valence electrons. The number of aromatic nitrogens is 2. The number of hydrogen-bond acceptors (Lipinski definition) is 4. The number of nitrogens with two attached hydrogens (primary N) is 1. The normalized spacial score (nSPS) is 19.2. The van der Waals surface area contributed by atoms with Gasteiger partial charge in [0.15, 0.2) is 5.82 Å². The fraction of sp³-hybridized carbons (Fsp3) is 0.556. The van der Waals surface area contributed by atoms with Crippen LogP contribution in [0.1, 0.15) is 25.1 Å². The summed E-state index contributed by atoms with van der Waals surface area (Å²) in [6, 6.07) is 1.73. The van der Waals surface area contributed by atoms with E-state index in [0.717, 1.165) is 19.3 Å². The van der Waals surface area contributed by atoms with E-state index in [1.165, 1.54) is 0 Å². The lowest BCUT2D eigenvalue weighted by molar-refractivity contribution is 0.235. The first kappa shape index (κ1) is 8.44. The first-order chi connectivity index (χ1) is 6.24. The maximum absolute atomic E-state index is 6.07. The molecule has 0 radical (unpaired) electrons. The van der Waals surface area contributed by atoms with Gasteiger partial charge in [-0.1, -0.05) is 0 Å². The Balaban J connectivity index is 2.29. The summed E-state index contributed by atoms with van der Waals surface area (Å²) < 4.78 is 5.01. The van der Waals surface area contributed by atoms with Crippen molar-refractivity contribution in [2.75, 3.05) is 7.11 Å². The minimum atomic E-state index is -0.297. The van der Waals surface area contributed by atoms with Crippen LogP contribution in [0.4, 0.5) is 0 Å². The van der Waals surface area contributed by atoms with Crippen molar-refractivity contribution < 1.29 is 4.74 Å². The molecule has 1 fully saturated rings. The molecule has 0 spiro atoms. The zero-order valence-electron chi connectivity index (χ0n) is 7.66. The summed E-state index contributed by atoms with van der Waals surface area (Å²) in [5, 5.41) is 0. The highest BCUT2D eigenvalue weighted by Crippen LogP contribution is 2.36. The van der Waals surface area contributed by atoms with E-state index in [9.17, 15) is 0 Å². The van der Waals surface area contributed by atoms with Crippen molar-refractivity contribution in [2.45, 2.75) is 24.8 Å². The van der Waals surface area contributed by atoms with Gasteiger partial charge in [0.1, 0.15) is 0 Å². The van der Waals surface area contributed by atoms with Gasteiger partial charge < -0.3 is 10.5 Å². The average molecular weight is 179 g/mol. The zero-order chi connectivity index (χ0) is 9.31. The van der Waals surface area contributed by atoms with Gasteiger partial charge in [0, 0.05) is 12.3 Å². The fourth-order valence-corrected chi connectivity index (χ4v) is 1.48. The van der Waals surface area contributed by atoms with Crippen LogP contribution < -0.4 is 10.5 Å². The van der Waals surface area contributed by atoms with Crippen LogP contribution in [-0.4, -0.2) is 17.1 Å². The van der Waals surface area contributed by atoms with Crippen LogP contribution in [0.25, 0.3) is 0 Å². The summed E-state index contributed by atoms with van der Waals surface area (Å²) in [7, 11) is 1.59. The lowest BCUT2D eigenvalue weighted by Gasteiger charge is -2.36. The Morgan fingerprint density at radius 2 is 2.31 bits per heavy atom. The third-order valence-corrected chi connectivity index (χ3v) is 2.53. The molecule has 0 saturated heterocycles. The minimum absolute atomic E-state index is 0.297. The van der Waals surface area contributed by atoms with E-state index < -0.39 is 0 Å². The Morgan fingerprint density at radius 1 is 1.54 bits per heavy atom. The third-order valence-electron chi connectivity index (χ3n) is 2.53. The van der Waals surface area contributed by atoms with Crippen molar-refractivity contribution in [3.63, 3.8) is 0 Å². The van der Waals surface area contributed by atoms with Crippen LogP contribution in [0, 0.1) is 0 Å². The third kappa shape index (κ3) is 1.37. The van der Waals surface area contributed by atoms with Crippen molar-refractivity contribution in [1.82, 2.24) is 9.97 Å². The highest BCUT2D eigenvalue weighted by molar-refractivity contribution is 5.16. The summed E-state index contributed by atoms with van der Waals surface area (Å²) >= 11 is 0. The molecule has 0 bridgehead atoms. The maximum Gasteiger partial charge on any atom is 0.216 e. The van der Waals surface area contributed by atoms with Crippen LogP contribution in [0.15, 0.2) is 12.3 Å². The minimum Gasteiger partial charge on any atom is -0.481 e. The average Bonchev–Trinajstić information content (AvgIpc) is 2.14. The van der Waals surface area contributed by atoms with Crippen LogP contribution in [0.5, 0.6) is 5.88 Å². The number of nitrogens with zero attached hydrogens (tertiary/aromatic N) is 2. The van der Waals surface area contributed by atoms with Gasteiger partial charge in [0.2, 0.25) is 5.88 Å². The molecular weight excluding hydrogens is 166 g/mol. The number of hydrogen-bond donors (Lipinski definition) is 1. The van der Waals surface area contributed by atoms with Crippen molar-refractivity contribution in [3.05, 3.63) is 18.1 Å². The van der Waals surface area contributed by atoms with Crippen molar-refractivity contribution in [1.29, 1.82) is 0 Å². The van der Waals surface area contributed by atoms with E-state index in [4.69, 9.17) is 10.5 Å². The first-order valence-corrected chi connectivity index (χ1v) is 4.41. The van der Waals surface area contributed by atoms with E-state index >= 15 is 0 Å². The molecule has 2 N–H and O–H groups in total. The molecule has 0 aliphatic heterocycles. The van der Waals surface area contributed by atoms with E-state index in [-0.39, 0.29) is 5.54 Å². The second-order valence-corrected chi connectivity index (χ2v) is 3.43. The lowest BCUT2D eigenvalue weighted by atomic mass is 9.77. The van der Waals surface area contributed by atoms with E-state index in [0.29, 0.717) is 11.7 Å². The van der Waals surface area contributed by atoms with Crippen molar-refractivity contribution >= 4 is 0 Å². The summed E-state index contributed by atoms with van der Waals surface area (Å²) in [5.41, 5.74) is 5.77. The molecule has 1 heterocycles. The lowest BCUT2D eigenvalue weighted by Crippen LogP contribution is -2.44. The molecule has 1 aromatic rings. The molecular formula is C9H13N3O. The van der Waals surface area contributed by atoms with E-state index in [2.05, 4.69) is 9.97 Å². The maximum atomic E-state index is 6.07. The fourth-order valence-electron chi connectivity index (χ4n) is 1.48. The SMILES string of the molecule is COc1ccnc(C2(N)CCC2)n1. The smallest absolute Gasteiger partial charge is 0.216 e. The highest BCUT2D eigenvalue weighted by atomic mass is 16.5. The van der Waals surface area contributed by atoms with Crippen molar-refractivity contribution in [3.8, 4) is 5.88 Å². The van der Waals surface area contributed by atoms with Crippen LogP contribution in [0.3, 0.4) is 0 Å². The number of ether oxygens (including phenoxy) is 1. The largest absolute Gasteiger partial charge is 0.481 e. The topological polar surface area (TPSA) is 61.0 Å². The monoisotopic (exact) mass is 179 g/mol. The Hall–Kier alpha value is -1.16. The second kappa shape index (κ2) is 2.96. The molecule has 1 aliphatic rings. The molecule has 1 aliphatic carbocycles. The van der Waals surface area contributed by atoms with Gasteiger partial charge in [-0.3, -0.25) is 0 Å². The van der Waals surface area contributed by atoms with Gasteiger partial charge in [-0.2, -0.15) is 4.98 Å². The van der Waals surface area contributed by atoms with Crippen LogP contribution in [-0.2, 0) is 5.54 Å². The quantitative estimate of drug-likeness (QED) is 0.730. The van der Waals surface area contributed by atoms with Gasteiger partial charge in [-0.15, -0.1) is 0 Å². The molecule has 1 saturated carbocycles. The molecule has 0 aromatic carbocycles. The number of rotatable bonds is 2. The zero-order valence-corrected chi connectivity index (χ0v) is 7.66. The van der Waals surface area contributed by atoms with Gasteiger partial charge in [0.05, 0.1) is 12.6 Å². The van der Waals surface area contributed by atoms with Crippen LogP contribution >= 0.6 is 0 Å². The summed E-state index contributed by atoms with van der Waals surface area (Å²) in [6.45, 7) is 0. The predicted octanol–water partition coefficient (Wildman–Crippen LogP) is 0.823. The summed E-state index contributed by atoms with van der Waals surface area (Å²) in [6.07, 6.45) is 4.80. The standard InChI is InChI=1S/C9H13N3O/c1-13-7-3-6-11-8(12-7)9(10)4-2-5-9/h3,6H,2,4-5,10H2,1H3. The van der Waals surface area contributed by atoms with E-state index in [1.807, 2.05) is 0 Å². The Kier molecular flexibility index (Phi) is 1.92. The molecule has 0 atom stereocenters. The Bertz CT molecular complexity index is 309. The summed E-state index contributed by atoms with van der Waals surface area (Å²) in [5.74, 6) is 1.29. The molecule has 4 heteroatoms. The molecule has 0 amide bonds. The molecule has 13 heavy (non-hydrogen) atoms.